The van der Waals surface area contributed by atoms with Gasteiger partial charge in [-0.15, -0.1) is 0 Å². The molecule has 90 valence electrons. The van der Waals surface area contributed by atoms with Crippen LogP contribution < -0.4 is 5.32 Å². The average Bonchev–Trinajstić information content (AvgIpc) is 2.16. The molecule has 1 aromatic carbocycles. The molecule has 0 radical (unpaired) electrons. The number of hydrogen-bond donors (Lipinski definition) is 1. The lowest BCUT2D eigenvalue weighted by Gasteiger charge is -2.17. The second-order valence-corrected chi connectivity index (χ2v) is 6.85. The molecule has 1 unspecified atom stereocenters. The number of nitrogens with one attached hydrogen (secondary N) is 1. The Bertz CT molecular complexity index is 428. The van der Waals surface area contributed by atoms with Crippen LogP contribution in [0.2, 0.25) is 0 Å². The zero-order valence-corrected chi connectivity index (χ0v) is 11.8. The first-order valence-corrected chi connectivity index (χ1v) is 7.94. The second kappa shape index (κ2) is 5.80. The number of benzene rings is 1. The van der Waals surface area contributed by atoms with Crippen LogP contribution in [0.3, 0.4) is 0 Å². The van der Waals surface area contributed by atoms with Gasteiger partial charge in [-0.05, 0) is 24.2 Å². The Labute approximate surface area is 105 Å². The number of hydrogen-bond acceptors (Lipinski definition) is 3. The molecule has 0 aliphatic carbocycles. The molecule has 0 aromatic heterocycles. The fourth-order valence-electron chi connectivity index (χ4n) is 1.52. The van der Waals surface area contributed by atoms with Crippen molar-refractivity contribution in [2.75, 3.05) is 18.6 Å². The molecule has 0 spiro atoms. The SMILES string of the molecule is CCNC(CS(C)(=O)=O)c1ccc(Br)cc1. The van der Waals surface area contributed by atoms with Crippen LogP contribution in [0.4, 0.5) is 0 Å². The third-order valence-corrected chi connectivity index (χ3v) is 3.66. The maximum absolute atomic E-state index is 11.3. The summed E-state index contributed by atoms with van der Waals surface area (Å²) in [6.45, 7) is 2.71. The van der Waals surface area contributed by atoms with E-state index < -0.39 is 9.84 Å². The van der Waals surface area contributed by atoms with Gasteiger partial charge in [0.2, 0.25) is 0 Å². The smallest absolute Gasteiger partial charge is 0.149 e. The normalized spacial score (nSPS) is 13.7. The standard InChI is InChI=1S/C11H16BrNO2S/c1-3-13-11(8-16(2,14)15)9-4-6-10(12)7-5-9/h4-7,11,13H,3,8H2,1-2H3. The molecule has 1 N–H and O–H groups in total. The molecule has 0 saturated heterocycles. The molecule has 1 rings (SSSR count). The topological polar surface area (TPSA) is 46.2 Å². The molecule has 1 atom stereocenters. The monoisotopic (exact) mass is 305 g/mol. The van der Waals surface area contributed by atoms with Gasteiger partial charge in [0, 0.05) is 16.8 Å². The molecular weight excluding hydrogens is 290 g/mol. The van der Waals surface area contributed by atoms with Crippen molar-refractivity contribution in [2.24, 2.45) is 0 Å². The summed E-state index contributed by atoms with van der Waals surface area (Å²) in [7, 11) is -2.98. The summed E-state index contributed by atoms with van der Waals surface area (Å²) in [5.41, 5.74) is 0.996. The van der Waals surface area contributed by atoms with Crippen molar-refractivity contribution in [1.82, 2.24) is 5.32 Å². The Kier molecular flexibility index (Phi) is 4.95. The third-order valence-electron chi connectivity index (χ3n) is 2.19. The van der Waals surface area contributed by atoms with Crippen molar-refractivity contribution in [1.29, 1.82) is 0 Å². The average molecular weight is 306 g/mol. The highest BCUT2D eigenvalue weighted by Gasteiger charge is 2.15. The molecule has 0 fully saturated rings. The minimum atomic E-state index is -2.98. The molecule has 0 heterocycles. The van der Waals surface area contributed by atoms with E-state index in [2.05, 4.69) is 21.2 Å². The van der Waals surface area contributed by atoms with Crippen molar-refractivity contribution >= 4 is 25.8 Å². The first kappa shape index (κ1) is 13.7. The molecule has 0 bridgehead atoms. The molecule has 1 aromatic rings. The van der Waals surface area contributed by atoms with Crippen LogP contribution in [0.5, 0.6) is 0 Å². The maximum Gasteiger partial charge on any atom is 0.149 e. The minimum Gasteiger partial charge on any atom is -0.309 e. The Morgan fingerprint density at radius 3 is 2.31 bits per heavy atom. The van der Waals surface area contributed by atoms with Crippen molar-refractivity contribution < 1.29 is 8.42 Å². The van der Waals surface area contributed by atoms with Gasteiger partial charge in [-0.25, -0.2) is 8.42 Å². The Morgan fingerprint density at radius 1 is 1.31 bits per heavy atom. The summed E-state index contributed by atoms with van der Waals surface area (Å²) in [6.07, 6.45) is 1.26. The molecule has 3 nitrogen and oxygen atoms in total. The summed E-state index contributed by atoms with van der Waals surface area (Å²) in [4.78, 5) is 0. The van der Waals surface area contributed by atoms with E-state index in [0.717, 1.165) is 16.6 Å². The zero-order chi connectivity index (χ0) is 12.2. The molecule has 5 heteroatoms. The first-order chi connectivity index (χ1) is 7.42. The predicted molar refractivity (Wildman–Crippen MR) is 70.3 cm³/mol. The molecule has 0 aliphatic heterocycles. The van der Waals surface area contributed by atoms with Crippen LogP contribution in [0.1, 0.15) is 18.5 Å². The Hall–Kier alpha value is -0.390. The molecule has 0 aliphatic rings. The summed E-state index contributed by atoms with van der Waals surface area (Å²) >= 11 is 3.36. The highest BCUT2D eigenvalue weighted by Crippen LogP contribution is 2.18. The van der Waals surface area contributed by atoms with Gasteiger partial charge in [0.05, 0.1) is 5.75 Å². The van der Waals surface area contributed by atoms with Crippen molar-refractivity contribution in [2.45, 2.75) is 13.0 Å². The molecule has 0 amide bonds. The van der Waals surface area contributed by atoms with Gasteiger partial charge < -0.3 is 5.32 Å². The van der Waals surface area contributed by atoms with E-state index in [4.69, 9.17) is 0 Å². The van der Waals surface area contributed by atoms with Crippen molar-refractivity contribution in [3.05, 3.63) is 34.3 Å². The summed E-state index contributed by atoms with van der Waals surface area (Å²) in [5, 5.41) is 3.18. The molecular formula is C11H16BrNO2S. The van der Waals surface area contributed by atoms with Gasteiger partial charge in [-0.1, -0.05) is 35.0 Å². The van der Waals surface area contributed by atoms with Gasteiger partial charge >= 0.3 is 0 Å². The Morgan fingerprint density at radius 2 is 1.88 bits per heavy atom. The van der Waals surface area contributed by atoms with Crippen LogP contribution in [0, 0.1) is 0 Å². The number of sulfone groups is 1. The minimum absolute atomic E-state index is 0.127. The fraction of sp³-hybridized carbons (Fsp3) is 0.455. The van der Waals surface area contributed by atoms with E-state index in [1.165, 1.54) is 6.26 Å². The van der Waals surface area contributed by atoms with Gasteiger partial charge in [-0.2, -0.15) is 0 Å². The molecule has 0 saturated carbocycles. The van der Waals surface area contributed by atoms with E-state index >= 15 is 0 Å². The predicted octanol–water partition coefficient (Wildman–Crippen LogP) is 2.14. The summed E-state index contributed by atoms with van der Waals surface area (Å²) in [6, 6.07) is 7.57. The van der Waals surface area contributed by atoms with Gasteiger partial charge in [-0.3, -0.25) is 0 Å². The second-order valence-electron chi connectivity index (χ2n) is 3.75. The number of halogens is 1. The van der Waals surface area contributed by atoms with Crippen LogP contribution in [-0.4, -0.2) is 27.0 Å². The van der Waals surface area contributed by atoms with Crippen LogP contribution in [-0.2, 0) is 9.84 Å². The van der Waals surface area contributed by atoms with Crippen LogP contribution >= 0.6 is 15.9 Å². The van der Waals surface area contributed by atoms with Crippen molar-refractivity contribution in [3.63, 3.8) is 0 Å². The lowest BCUT2D eigenvalue weighted by Crippen LogP contribution is -2.27. The van der Waals surface area contributed by atoms with Crippen LogP contribution in [0.25, 0.3) is 0 Å². The van der Waals surface area contributed by atoms with Gasteiger partial charge in [0.15, 0.2) is 0 Å². The lowest BCUT2D eigenvalue weighted by molar-refractivity contribution is 0.563. The lowest BCUT2D eigenvalue weighted by atomic mass is 10.1. The zero-order valence-electron chi connectivity index (χ0n) is 9.40. The quantitative estimate of drug-likeness (QED) is 0.906. The van der Waals surface area contributed by atoms with E-state index in [1.807, 2.05) is 31.2 Å². The summed E-state index contributed by atoms with van der Waals surface area (Å²) in [5.74, 6) is 0.127. The third kappa shape index (κ3) is 4.63. The van der Waals surface area contributed by atoms with E-state index in [0.29, 0.717) is 0 Å². The largest absolute Gasteiger partial charge is 0.309 e. The molecule has 16 heavy (non-hydrogen) atoms. The highest BCUT2D eigenvalue weighted by molar-refractivity contribution is 9.10. The first-order valence-electron chi connectivity index (χ1n) is 5.09. The van der Waals surface area contributed by atoms with Gasteiger partial charge in [0.1, 0.15) is 9.84 Å². The van der Waals surface area contributed by atoms with Crippen LogP contribution in [0.15, 0.2) is 28.7 Å². The Balaban J connectivity index is 2.89. The van der Waals surface area contributed by atoms with E-state index in [-0.39, 0.29) is 11.8 Å². The van der Waals surface area contributed by atoms with E-state index in [1.54, 1.807) is 0 Å². The summed E-state index contributed by atoms with van der Waals surface area (Å²) < 4.78 is 23.6. The number of rotatable bonds is 5. The maximum atomic E-state index is 11.3. The van der Waals surface area contributed by atoms with E-state index in [9.17, 15) is 8.42 Å². The fourth-order valence-corrected chi connectivity index (χ4v) is 2.70. The highest BCUT2D eigenvalue weighted by atomic mass is 79.9. The van der Waals surface area contributed by atoms with Gasteiger partial charge in [0.25, 0.3) is 0 Å². The van der Waals surface area contributed by atoms with Crippen molar-refractivity contribution in [3.8, 4) is 0 Å².